The van der Waals surface area contributed by atoms with Crippen LogP contribution in [0.15, 0.2) is 53.1 Å². The van der Waals surface area contributed by atoms with Crippen LogP contribution in [0.25, 0.3) is 11.4 Å². The van der Waals surface area contributed by atoms with E-state index in [0.29, 0.717) is 24.7 Å². The number of para-hydroxylation sites is 1. The van der Waals surface area contributed by atoms with Crippen LogP contribution in [-0.2, 0) is 0 Å². The summed E-state index contributed by atoms with van der Waals surface area (Å²) in [6, 6.07) is 12.7. The number of urea groups is 1. The van der Waals surface area contributed by atoms with E-state index in [1.54, 1.807) is 24.1 Å². The molecule has 1 N–H and O–H groups in total. The predicted molar refractivity (Wildman–Crippen MR) is 105 cm³/mol. The SMILES string of the molecule is COc1ccc(-c2noc(C3CCCCN3C(=O)Nc3ccccc3F)n2)cc1. The highest BCUT2D eigenvalue weighted by Crippen LogP contribution is 2.32. The number of ether oxygens (including phenoxy) is 1. The van der Waals surface area contributed by atoms with E-state index in [1.807, 2.05) is 24.3 Å². The molecule has 3 aromatic rings. The van der Waals surface area contributed by atoms with Gasteiger partial charge in [-0.05, 0) is 55.7 Å². The first-order chi connectivity index (χ1) is 14.2. The molecule has 8 heteroatoms. The Kier molecular flexibility index (Phi) is 5.41. The van der Waals surface area contributed by atoms with Gasteiger partial charge in [-0.3, -0.25) is 0 Å². The third-order valence-electron chi connectivity index (χ3n) is 4.95. The third kappa shape index (κ3) is 4.06. The van der Waals surface area contributed by atoms with E-state index >= 15 is 0 Å². The van der Waals surface area contributed by atoms with Crippen LogP contribution in [0.3, 0.4) is 0 Å². The molecule has 1 aliphatic heterocycles. The summed E-state index contributed by atoms with van der Waals surface area (Å²) in [6.07, 6.45) is 2.50. The molecule has 2 amide bonds. The van der Waals surface area contributed by atoms with Crippen molar-refractivity contribution in [2.45, 2.75) is 25.3 Å². The number of likely N-dealkylation sites (tertiary alicyclic amines) is 1. The molecule has 1 atom stereocenters. The summed E-state index contributed by atoms with van der Waals surface area (Å²) in [4.78, 5) is 18.9. The zero-order chi connectivity index (χ0) is 20.2. The third-order valence-corrected chi connectivity index (χ3v) is 4.95. The van der Waals surface area contributed by atoms with Crippen molar-refractivity contribution in [3.05, 3.63) is 60.2 Å². The Morgan fingerprint density at radius 3 is 2.76 bits per heavy atom. The largest absolute Gasteiger partial charge is 0.497 e. The second-order valence-corrected chi connectivity index (χ2v) is 6.80. The topological polar surface area (TPSA) is 80.5 Å². The molecule has 1 saturated heterocycles. The fraction of sp³-hybridized carbons (Fsp3) is 0.286. The maximum Gasteiger partial charge on any atom is 0.322 e. The minimum absolute atomic E-state index is 0.145. The van der Waals surface area contributed by atoms with Gasteiger partial charge in [0.05, 0.1) is 12.8 Å². The van der Waals surface area contributed by atoms with Crippen LogP contribution >= 0.6 is 0 Å². The Morgan fingerprint density at radius 2 is 2.00 bits per heavy atom. The summed E-state index contributed by atoms with van der Waals surface area (Å²) in [5.41, 5.74) is 0.935. The van der Waals surface area contributed by atoms with Gasteiger partial charge in [0.25, 0.3) is 0 Å². The Labute approximate surface area is 167 Å². The van der Waals surface area contributed by atoms with Crippen molar-refractivity contribution < 1.29 is 18.4 Å². The predicted octanol–water partition coefficient (Wildman–Crippen LogP) is 4.64. The summed E-state index contributed by atoms with van der Waals surface area (Å²) in [5, 5.41) is 6.70. The monoisotopic (exact) mass is 396 g/mol. The molecule has 1 unspecified atom stereocenters. The molecule has 29 heavy (non-hydrogen) atoms. The van der Waals surface area contributed by atoms with Gasteiger partial charge in [0.2, 0.25) is 11.7 Å². The van der Waals surface area contributed by atoms with Crippen molar-refractivity contribution in [3.63, 3.8) is 0 Å². The molecular weight excluding hydrogens is 375 g/mol. The fourth-order valence-electron chi connectivity index (χ4n) is 3.41. The van der Waals surface area contributed by atoms with E-state index in [1.165, 1.54) is 12.1 Å². The second kappa shape index (κ2) is 8.30. The van der Waals surface area contributed by atoms with Gasteiger partial charge >= 0.3 is 6.03 Å². The lowest BCUT2D eigenvalue weighted by Crippen LogP contribution is -2.41. The molecule has 7 nitrogen and oxygen atoms in total. The highest BCUT2D eigenvalue weighted by atomic mass is 19.1. The number of hydrogen-bond donors (Lipinski definition) is 1. The van der Waals surface area contributed by atoms with Crippen LogP contribution in [0, 0.1) is 5.82 Å². The molecule has 2 aromatic carbocycles. The minimum Gasteiger partial charge on any atom is -0.497 e. The van der Waals surface area contributed by atoms with Crippen molar-refractivity contribution in [1.82, 2.24) is 15.0 Å². The van der Waals surface area contributed by atoms with Crippen LogP contribution in [-0.4, -0.2) is 34.7 Å². The number of nitrogens with zero attached hydrogens (tertiary/aromatic N) is 3. The number of halogens is 1. The van der Waals surface area contributed by atoms with Crippen molar-refractivity contribution in [2.75, 3.05) is 19.0 Å². The molecule has 150 valence electrons. The standard InChI is InChI=1S/C21H21FN4O3/c1-28-15-11-9-14(10-12-15)19-24-20(29-25-19)18-8-4-5-13-26(18)21(27)23-17-7-3-2-6-16(17)22/h2-3,6-7,9-12,18H,4-5,8,13H2,1H3,(H,23,27). The molecule has 1 aromatic heterocycles. The fourth-order valence-corrected chi connectivity index (χ4v) is 3.41. The molecule has 0 spiro atoms. The molecule has 4 rings (SSSR count). The van der Waals surface area contributed by atoms with Crippen LogP contribution in [0.4, 0.5) is 14.9 Å². The van der Waals surface area contributed by atoms with E-state index in [0.717, 1.165) is 24.2 Å². The first-order valence-electron chi connectivity index (χ1n) is 9.46. The maximum absolute atomic E-state index is 13.9. The Balaban J connectivity index is 1.53. The molecule has 0 aliphatic carbocycles. The van der Waals surface area contributed by atoms with E-state index in [9.17, 15) is 9.18 Å². The number of anilines is 1. The quantitative estimate of drug-likeness (QED) is 0.695. The van der Waals surface area contributed by atoms with E-state index < -0.39 is 5.82 Å². The number of carbonyl (C=O) groups is 1. The van der Waals surface area contributed by atoms with Gasteiger partial charge in [0.1, 0.15) is 17.6 Å². The van der Waals surface area contributed by atoms with Gasteiger partial charge in [-0.2, -0.15) is 4.98 Å². The van der Waals surface area contributed by atoms with Crippen molar-refractivity contribution in [2.24, 2.45) is 0 Å². The first kappa shape index (κ1) is 18.9. The normalized spacial score (nSPS) is 16.5. The molecule has 0 bridgehead atoms. The van der Waals surface area contributed by atoms with Crippen LogP contribution in [0.1, 0.15) is 31.2 Å². The summed E-state index contributed by atoms with van der Waals surface area (Å²) >= 11 is 0. The molecule has 1 fully saturated rings. The number of piperidine rings is 1. The summed E-state index contributed by atoms with van der Waals surface area (Å²) in [7, 11) is 1.60. The molecular formula is C21H21FN4O3. The summed E-state index contributed by atoms with van der Waals surface area (Å²) < 4.78 is 24.5. The number of nitrogens with one attached hydrogen (secondary N) is 1. The number of hydrogen-bond acceptors (Lipinski definition) is 5. The first-order valence-corrected chi connectivity index (χ1v) is 9.46. The number of methoxy groups -OCH3 is 1. The van der Waals surface area contributed by atoms with Crippen molar-refractivity contribution in [1.29, 1.82) is 0 Å². The summed E-state index contributed by atoms with van der Waals surface area (Å²) in [5.74, 6) is 1.08. The number of rotatable bonds is 4. The smallest absolute Gasteiger partial charge is 0.322 e. The summed E-state index contributed by atoms with van der Waals surface area (Å²) in [6.45, 7) is 0.533. The number of benzene rings is 2. The lowest BCUT2D eigenvalue weighted by molar-refractivity contribution is 0.142. The van der Waals surface area contributed by atoms with Crippen LogP contribution in [0.5, 0.6) is 5.75 Å². The lowest BCUT2D eigenvalue weighted by atomic mass is 10.0. The van der Waals surface area contributed by atoms with Crippen LogP contribution < -0.4 is 10.1 Å². The van der Waals surface area contributed by atoms with Gasteiger partial charge in [0, 0.05) is 12.1 Å². The van der Waals surface area contributed by atoms with Gasteiger partial charge in [-0.1, -0.05) is 17.3 Å². The van der Waals surface area contributed by atoms with E-state index in [-0.39, 0.29) is 17.8 Å². The Morgan fingerprint density at radius 1 is 1.21 bits per heavy atom. The van der Waals surface area contributed by atoms with Gasteiger partial charge in [-0.15, -0.1) is 0 Å². The van der Waals surface area contributed by atoms with Crippen LogP contribution in [0.2, 0.25) is 0 Å². The zero-order valence-electron chi connectivity index (χ0n) is 16.0. The van der Waals surface area contributed by atoms with E-state index in [2.05, 4.69) is 15.5 Å². The highest BCUT2D eigenvalue weighted by molar-refractivity contribution is 5.89. The average Bonchev–Trinajstić information content (AvgIpc) is 3.25. The van der Waals surface area contributed by atoms with Crippen molar-refractivity contribution in [3.8, 4) is 17.1 Å². The Bertz CT molecular complexity index is 990. The lowest BCUT2D eigenvalue weighted by Gasteiger charge is -2.33. The van der Waals surface area contributed by atoms with Gasteiger partial charge < -0.3 is 19.5 Å². The highest BCUT2D eigenvalue weighted by Gasteiger charge is 2.32. The molecule has 0 radical (unpaired) electrons. The molecule has 1 aliphatic rings. The average molecular weight is 396 g/mol. The number of amides is 2. The molecule has 2 heterocycles. The maximum atomic E-state index is 13.9. The zero-order valence-corrected chi connectivity index (χ0v) is 16.0. The van der Waals surface area contributed by atoms with Gasteiger partial charge in [-0.25, -0.2) is 9.18 Å². The second-order valence-electron chi connectivity index (χ2n) is 6.80. The molecule has 0 saturated carbocycles. The van der Waals surface area contributed by atoms with Gasteiger partial charge in [0.15, 0.2) is 0 Å². The number of aromatic nitrogens is 2. The number of carbonyl (C=O) groups excluding carboxylic acids is 1. The van der Waals surface area contributed by atoms with Crippen molar-refractivity contribution >= 4 is 11.7 Å². The Hall–Kier alpha value is -3.42. The van der Waals surface area contributed by atoms with E-state index in [4.69, 9.17) is 9.26 Å². The minimum atomic E-state index is -0.478.